The van der Waals surface area contributed by atoms with Crippen LogP contribution >= 0.6 is 0 Å². The van der Waals surface area contributed by atoms with Crippen molar-refractivity contribution in [2.24, 2.45) is 11.7 Å². The Morgan fingerprint density at radius 2 is 1.68 bits per heavy atom. The van der Waals surface area contributed by atoms with Gasteiger partial charge in [0.1, 0.15) is 0 Å². The molecule has 9 heteroatoms. The van der Waals surface area contributed by atoms with Crippen molar-refractivity contribution in [2.45, 2.75) is 54.5 Å². The summed E-state index contributed by atoms with van der Waals surface area (Å²) < 4.78 is 54.0. The van der Waals surface area contributed by atoms with Crippen molar-refractivity contribution in [3.63, 3.8) is 0 Å². The minimum absolute atomic E-state index is 0.0111. The number of benzene rings is 1. The number of hydrogen-bond donors (Lipinski definition) is 2. The molecule has 1 aromatic rings. The van der Waals surface area contributed by atoms with Crippen LogP contribution in [-0.4, -0.2) is 46.3 Å². The van der Waals surface area contributed by atoms with Crippen LogP contribution in [0, 0.1) is 5.92 Å². The summed E-state index contributed by atoms with van der Waals surface area (Å²) in [6, 6.07) is 5.39. The van der Waals surface area contributed by atoms with Gasteiger partial charge in [0.15, 0.2) is 0 Å². The average Bonchev–Trinajstić information content (AvgIpc) is 3.38. The fourth-order valence-electron chi connectivity index (χ4n) is 3.05. The van der Waals surface area contributed by atoms with Crippen LogP contribution in [0.1, 0.15) is 32.6 Å². The van der Waals surface area contributed by atoms with Crippen LogP contribution in [0.4, 0.5) is 0 Å². The van der Waals surface area contributed by atoms with Gasteiger partial charge in [-0.25, -0.2) is 21.6 Å². The lowest BCUT2D eigenvalue weighted by Gasteiger charge is -2.33. The van der Waals surface area contributed by atoms with E-state index < -0.39 is 20.0 Å². The molecule has 1 aliphatic carbocycles. The molecule has 3 rings (SSSR count). The van der Waals surface area contributed by atoms with Gasteiger partial charge in [0.05, 0.1) is 9.79 Å². The van der Waals surface area contributed by atoms with E-state index in [0.717, 1.165) is 25.7 Å². The molecule has 1 aromatic carbocycles. The summed E-state index contributed by atoms with van der Waals surface area (Å²) in [6.45, 7) is 2.77. The summed E-state index contributed by atoms with van der Waals surface area (Å²) in [5.74, 6) is 0.144. The fourth-order valence-corrected chi connectivity index (χ4v) is 5.89. The third kappa shape index (κ3) is 4.22. The largest absolute Gasteiger partial charge is 0.328 e. The van der Waals surface area contributed by atoms with Crippen LogP contribution in [0.3, 0.4) is 0 Å². The van der Waals surface area contributed by atoms with Crippen molar-refractivity contribution >= 4 is 20.0 Å². The molecule has 7 nitrogen and oxygen atoms in total. The third-order valence-corrected chi connectivity index (χ3v) is 8.25. The highest BCUT2D eigenvalue weighted by molar-refractivity contribution is 7.89. The van der Waals surface area contributed by atoms with Crippen molar-refractivity contribution in [1.82, 2.24) is 9.03 Å². The molecule has 1 saturated heterocycles. The highest BCUT2D eigenvalue weighted by atomic mass is 32.2. The molecule has 2 atom stereocenters. The molecule has 3 N–H and O–H groups in total. The zero-order valence-corrected chi connectivity index (χ0v) is 15.9. The lowest BCUT2D eigenvalue weighted by atomic mass is 9.93. The molecule has 0 aromatic heterocycles. The molecule has 140 valence electrons. The standard InChI is InChI=1S/C16H25N3O4S2/c1-12(17)13-3-2-10-19(11-13)25(22,23)16-8-6-15(7-9-16)24(20,21)18-14-4-5-14/h6-9,12-14,18H,2-5,10-11,17H2,1H3. The van der Waals surface area contributed by atoms with Gasteiger partial charge < -0.3 is 5.73 Å². The molecule has 2 fully saturated rings. The van der Waals surface area contributed by atoms with Gasteiger partial charge in [-0.2, -0.15) is 4.31 Å². The minimum Gasteiger partial charge on any atom is -0.328 e. The molecule has 0 spiro atoms. The van der Waals surface area contributed by atoms with Crippen molar-refractivity contribution in [1.29, 1.82) is 0 Å². The Morgan fingerprint density at radius 3 is 2.24 bits per heavy atom. The van der Waals surface area contributed by atoms with E-state index in [2.05, 4.69) is 4.72 Å². The lowest BCUT2D eigenvalue weighted by Crippen LogP contribution is -2.44. The fraction of sp³-hybridized carbons (Fsp3) is 0.625. The first-order valence-electron chi connectivity index (χ1n) is 8.58. The molecular weight excluding hydrogens is 362 g/mol. The molecule has 0 amide bonds. The molecule has 0 bridgehead atoms. The number of nitrogens with one attached hydrogen (secondary N) is 1. The molecule has 1 heterocycles. The van der Waals surface area contributed by atoms with Crippen LogP contribution in [-0.2, 0) is 20.0 Å². The normalized spacial score (nSPS) is 24.2. The van der Waals surface area contributed by atoms with Crippen molar-refractivity contribution in [3.05, 3.63) is 24.3 Å². The van der Waals surface area contributed by atoms with Crippen LogP contribution in [0.5, 0.6) is 0 Å². The van der Waals surface area contributed by atoms with Gasteiger partial charge in [-0.15, -0.1) is 0 Å². The summed E-state index contributed by atoms with van der Waals surface area (Å²) in [5, 5.41) is 0. The Morgan fingerprint density at radius 1 is 1.08 bits per heavy atom. The molecule has 2 aliphatic rings. The second-order valence-electron chi connectivity index (χ2n) is 6.99. The predicted molar refractivity (Wildman–Crippen MR) is 94.9 cm³/mol. The van der Waals surface area contributed by atoms with E-state index in [4.69, 9.17) is 5.73 Å². The smallest absolute Gasteiger partial charge is 0.243 e. The Bertz CT molecular complexity index is 815. The monoisotopic (exact) mass is 387 g/mol. The first-order valence-corrected chi connectivity index (χ1v) is 11.5. The van der Waals surface area contributed by atoms with E-state index in [9.17, 15) is 16.8 Å². The molecule has 2 unspecified atom stereocenters. The van der Waals surface area contributed by atoms with Gasteiger partial charge in [-0.3, -0.25) is 0 Å². The van der Waals surface area contributed by atoms with Crippen LogP contribution in [0.2, 0.25) is 0 Å². The number of nitrogens with two attached hydrogens (primary N) is 1. The average molecular weight is 388 g/mol. The Hall–Kier alpha value is -1.00. The third-order valence-electron chi connectivity index (χ3n) is 4.84. The summed E-state index contributed by atoms with van der Waals surface area (Å²) in [7, 11) is -7.22. The number of nitrogens with zero attached hydrogens (tertiary/aromatic N) is 1. The highest BCUT2D eigenvalue weighted by Crippen LogP contribution is 2.26. The maximum Gasteiger partial charge on any atom is 0.243 e. The van der Waals surface area contributed by atoms with Crippen molar-refractivity contribution < 1.29 is 16.8 Å². The maximum atomic E-state index is 12.8. The Balaban J connectivity index is 1.78. The SMILES string of the molecule is CC(N)C1CCCN(S(=O)(=O)c2ccc(S(=O)(=O)NC3CC3)cc2)C1. The van der Waals surface area contributed by atoms with E-state index >= 15 is 0 Å². The van der Waals surface area contributed by atoms with Crippen molar-refractivity contribution in [2.75, 3.05) is 13.1 Å². The van der Waals surface area contributed by atoms with Crippen molar-refractivity contribution in [3.8, 4) is 0 Å². The van der Waals surface area contributed by atoms with E-state index in [1.807, 2.05) is 6.92 Å². The number of hydrogen-bond acceptors (Lipinski definition) is 5. The van der Waals surface area contributed by atoms with Crippen LogP contribution in [0.15, 0.2) is 34.1 Å². The number of piperidine rings is 1. The van der Waals surface area contributed by atoms with Gasteiger partial charge in [0, 0.05) is 25.2 Å². The molecule has 1 saturated carbocycles. The van der Waals surface area contributed by atoms with Gasteiger partial charge in [0.25, 0.3) is 0 Å². The molecule has 1 aliphatic heterocycles. The highest BCUT2D eigenvalue weighted by Gasteiger charge is 2.32. The minimum atomic E-state index is -3.64. The topological polar surface area (TPSA) is 110 Å². The van der Waals surface area contributed by atoms with Gasteiger partial charge in [0.2, 0.25) is 20.0 Å². The van der Waals surface area contributed by atoms with E-state index in [1.54, 1.807) is 0 Å². The first-order chi connectivity index (χ1) is 11.7. The van der Waals surface area contributed by atoms with E-state index in [-0.39, 0.29) is 27.8 Å². The van der Waals surface area contributed by atoms with E-state index in [0.29, 0.717) is 13.1 Å². The van der Waals surface area contributed by atoms with Crippen LogP contribution < -0.4 is 10.5 Å². The molecule has 25 heavy (non-hydrogen) atoms. The summed E-state index contributed by atoms with van der Waals surface area (Å²) in [4.78, 5) is 0.202. The lowest BCUT2D eigenvalue weighted by molar-refractivity contribution is 0.243. The molecule has 0 radical (unpaired) electrons. The second-order valence-corrected chi connectivity index (χ2v) is 10.6. The van der Waals surface area contributed by atoms with E-state index in [1.165, 1.54) is 28.6 Å². The summed E-state index contributed by atoms with van der Waals surface area (Å²) in [5.41, 5.74) is 5.93. The summed E-state index contributed by atoms with van der Waals surface area (Å²) >= 11 is 0. The zero-order chi connectivity index (χ0) is 18.2. The molecular formula is C16H25N3O4S2. The quantitative estimate of drug-likeness (QED) is 0.753. The zero-order valence-electron chi connectivity index (χ0n) is 14.3. The number of rotatable bonds is 6. The Kier molecular flexibility index (Phi) is 5.23. The van der Waals surface area contributed by atoms with Crippen LogP contribution in [0.25, 0.3) is 0 Å². The predicted octanol–water partition coefficient (Wildman–Crippen LogP) is 0.875. The van der Waals surface area contributed by atoms with Gasteiger partial charge in [-0.05, 0) is 62.8 Å². The van der Waals surface area contributed by atoms with Gasteiger partial charge in [-0.1, -0.05) is 0 Å². The second kappa shape index (κ2) is 6.96. The number of sulfonamides is 2. The van der Waals surface area contributed by atoms with Gasteiger partial charge >= 0.3 is 0 Å². The summed E-state index contributed by atoms with van der Waals surface area (Å²) in [6.07, 6.45) is 3.40. The maximum absolute atomic E-state index is 12.8. The first kappa shape index (κ1) is 18.8. The Labute approximate surface area is 149 Å².